The normalized spacial score (nSPS) is 13.9. The van der Waals surface area contributed by atoms with Crippen LogP contribution in [-0.2, 0) is 5.41 Å². The Bertz CT molecular complexity index is 1790. The van der Waals surface area contributed by atoms with Crippen molar-refractivity contribution in [2.24, 2.45) is 0 Å². The number of rotatable bonds is 0. The molecule has 2 nitrogen and oxygen atoms in total. The van der Waals surface area contributed by atoms with Gasteiger partial charge in [-0.15, -0.1) is 0 Å². The highest BCUT2D eigenvalue weighted by Crippen LogP contribution is 2.61. The Morgan fingerprint density at radius 1 is 0.432 bits per heavy atom. The second kappa shape index (κ2) is 7.70. The minimum absolute atomic E-state index is 0.528. The van der Waals surface area contributed by atoms with Gasteiger partial charge >= 0.3 is 0 Å². The van der Waals surface area contributed by atoms with Crippen LogP contribution in [0.4, 0.5) is 0 Å². The summed E-state index contributed by atoms with van der Waals surface area (Å²) < 4.78 is 2.09. The molecule has 2 aliphatic carbocycles. The summed E-state index contributed by atoms with van der Waals surface area (Å²) in [7, 11) is 0. The molecule has 37 heavy (non-hydrogen) atoms. The van der Waals surface area contributed by atoms with Crippen LogP contribution in [0, 0.1) is 0 Å². The van der Waals surface area contributed by atoms with Crippen molar-refractivity contribution in [1.29, 1.82) is 0 Å². The molecule has 1 aromatic heterocycles. The van der Waals surface area contributed by atoms with E-state index in [1.54, 1.807) is 0 Å². The maximum absolute atomic E-state index is 5.25. The first-order valence-electron chi connectivity index (χ1n) is 12.2. The average Bonchev–Trinajstić information content (AvgIpc) is 3.18. The molecule has 2 aliphatic rings. The van der Waals surface area contributed by atoms with E-state index in [1.807, 2.05) is 24.3 Å². The summed E-state index contributed by atoms with van der Waals surface area (Å²) in [6.07, 6.45) is 0. The molecule has 0 saturated carbocycles. The summed E-state index contributed by atoms with van der Waals surface area (Å²) in [5.74, 6) is 0. The Balaban J connectivity index is 1.66. The molecule has 0 amide bonds. The van der Waals surface area contributed by atoms with Crippen LogP contribution in [0.15, 0.2) is 118 Å². The second-order valence-electron chi connectivity index (χ2n) is 9.63. The molecule has 0 atom stereocenters. The van der Waals surface area contributed by atoms with Crippen LogP contribution in [0.25, 0.3) is 44.7 Å². The number of benzene rings is 5. The van der Waals surface area contributed by atoms with Crippen LogP contribution < -0.4 is 0 Å². The highest BCUT2D eigenvalue weighted by atomic mass is 79.9. The first-order chi connectivity index (χ1) is 18.2. The van der Waals surface area contributed by atoms with Gasteiger partial charge < -0.3 is 0 Å². The standard InChI is InChI=1S/C33H18Br2N2/c34-19-13-15-23-27(17-19)33(25-9-3-1-7-21(25)22-8-2-4-10-26(22)33)28-18-20(35)14-16-24(28)32-31(23)36-29-11-5-6-12-30(29)37-32/h1-18H. The molecule has 1 spiro atoms. The lowest BCUT2D eigenvalue weighted by molar-refractivity contribution is 0.773. The van der Waals surface area contributed by atoms with Gasteiger partial charge in [0.1, 0.15) is 0 Å². The van der Waals surface area contributed by atoms with Crippen LogP contribution >= 0.6 is 31.9 Å². The zero-order chi connectivity index (χ0) is 24.7. The molecule has 4 heteroatoms. The van der Waals surface area contributed by atoms with Gasteiger partial charge in [-0.2, -0.15) is 0 Å². The lowest BCUT2D eigenvalue weighted by Gasteiger charge is -2.35. The highest BCUT2D eigenvalue weighted by Gasteiger charge is 2.50. The number of halogens is 2. The van der Waals surface area contributed by atoms with E-state index in [4.69, 9.17) is 9.97 Å². The van der Waals surface area contributed by atoms with Crippen molar-refractivity contribution in [3.05, 3.63) is 140 Å². The molecule has 0 N–H and O–H groups in total. The Labute approximate surface area is 231 Å². The lowest BCUT2D eigenvalue weighted by Crippen LogP contribution is -2.29. The van der Waals surface area contributed by atoms with Gasteiger partial charge in [-0.3, -0.25) is 0 Å². The largest absolute Gasteiger partial charge is 0.244 e. The quantitative estimate of drug-likeness (QED) is 0.173. The van der Waals surface area contributed by atoms with Crippen LogP contribution in [-0.4, -0.2) is 9.97 Å². The number of aromatic nitrogens is 2. The van der Waals surface area contributed by atoms with E-state index in [0.29, 0.717) is 0 Å². The van der Waals surface area contributed by atoms with E-state index >= 15 is 0 Å². The maximum atomic E-state index is 5.25. The van der Waals surface area contributed by atoms with Crippen molar-refractivity contribution in [1.82, 2.24) is 9.97 Å². The van der Waals surface area contributed by atoms with Gasteiger partial charge in [-0.25, -0.2) is 9.97 Å². The number of nitrogens with zero attached hydrogens (tertiary/aromatic N) is 2. The zero-order valence-electron chi connectivity index (χ0n) is 19.5. The topological polar surface area (TPSA) is 25.8 Å². The van der Waals surface area contributed by atoms with Gasteiger partial charge in [0.05, 0.1) is 27.8 Å². The minimum Gasteiger partial charge on any atom is -0.244 e. The fourth-order valence-corrected chi connectivity index (χ4v) is 7.12. The van der Waals surface area contributed by atoms with Gasteiger partial charge in [0, 0.05) is 20.1 Å². The molecule has 0 fully saturated rings. The number of fused-ring (bicyclic) bond motifs is 13. The summed E-state index contributed by atoms with van der Waals surface area (Å²) in [5.41, 5.74) is 12.9. The molecule has 1 heterocycles. The van der Waals surface area contributed by atoms with Crippen molar-refractivity contribution in [2.75, 3.05) is 0 Å². The van der Waals surface area contributed by atoms with Crippen LogP contribution in [0.5, 0.6) is 0 Å². The number of hydrogen-bond donors (Lipinski definition) is 0. The summed E-state index contributed by atoms with van der Waals surface area (Å²) in [6.45, 7) is 0. The Hall–Kier alpha value is -3.60. The predicted molar refractivity (Wildman–Crippen MR) is 157 cm³/mol. The monoisotopic (exact) mass is 600 g/mol. The van der Waals surface area contributed by atoms with Gasteiger partial charge in [0.25, 0.3) is 0 Å². The first-order valence-corrected chi connectivity index (χ1v) is 13.8. The highest BCUT2D eigenvalue weighted by molar-refractivity contribution is 9.10. The number of para-hydroxylation sites is 2. The van der Waals surface area contributed by atoms with E-state index < -0.39 is 5.41 Å². The lowest BCUT2D eigenvalue weighted by atomic mass is 9.66. The fraction of sp³-hybridized carbons (Fsp3) is 0.0303. The third kappa shape index (κ3) is 2.80. The van der Waals surface area contributed by atoms with Gasteiger partial charge in [-0.05, 0) is 69.8 Å². The summed E-state index contributed by atoms with van der Waals surface area (Å²) in [6, 6.07) is 39.0. The summed E-state index contributed by atoms with van der Waals surface area (Å²) >= 11 is 7.63. The third-order valence-electron chi connectivity index (χ3n) is 7.80. The van der Waals surface area contributed by atoms with E-state index in [2.05, 4.69) is 117 Å². The molecule has 0 saturated heterocycles. The van der Waals surface area contributed by atoms with Crippen LogP contribution in [0.2, 0.25) is 0 Å². The molecule has 0 unspecified atom stereocenters. The second-order valence-corrected chi connectivity index (χ2v) is 11.5. The van der Waals surface area contributed by atoms with Crippen molar-refractivity contribution in [3.8, 4) is 33.6 Å². The first kappa shape index (κ1) is 21.5. The SMILES string of the molecule is Brc1ccc2c(c1)C1(c3ccccc3-c3ccccc31)c1cc(Br)ccc1-c1nc3ccccc3nc1-2. The fourth-order valence-electron chi connectivity index (χ4n) is 6.40. The molecule has 0 bridgehead atoms. The van der Waals surface area contributed by atoms with E-state index in [-0.39, 0.29) is 0 Å². The van der Waals surface area contributed by atoms with Crippen molar-refractivity contribution in [2.45, 2.75) is 5.41 Å². The minimum atomic E-state index is -0.528. The smallest absolute Gasteiger partial charge is 0.0976 e. The summed E-state index contributed by atoms with van der Waals surface area (Å²) in [4.78, 5) is 10.5. The number of hydrogen-bond acceptors (Lipinski definition) is 2. The van der Waals surface area contributed by atoms with E-state index in [1.165, 1.54) is 33.4 Å². The van der Waals surface area contributed by atoms with Gasteiger partial charge in [0.15, 0.2) is 0 Å². The molecular formula is C33H18Br2N2. The Kier molecular flexibility index (Phi) is 4.47. The van der Waals surface area contributed by atoms with Crippen LogP contribution in [0.3, 0.4) is 0 Å². The van der Waals surface area contributed by atoms with Gasteiger partial charge in [-0.1, -0.05) is 105 Å². The van der Waals surface area contributed by atoms with Crippen LogP contribution in [0.1, 0.15) is 22.3 Å². The van der Waals surface area contributed by atoms with Crippen molar-refractivity contribution in [3.63, 3.8) is 0 Å². The molecule has 0 radical (unpaired) electrons. The molecule has 8 rings (SSSR count). The van der Waals surface area contributed by atoms with Gasteiger partial charge in [0.2, 0.25) is 0 Å². The molecule has 5 aromatic carbocycles. The molecular weight excluding hydrogens is 584 g/mol. The summed E-state index contributed by atoms with van der Waals surface area (Å²) in [5, 5.41) is 0. The Morgan fingerprint density at radius 2 is 0.865 bits per heavy atom. The molecule has 0 aliphatic heterocycles. The van der Waals surface area contributed by atoms with Crippen molar-refractivity contribution < 1.29 is 0 Å². The van der Waals surface area contributed by atoms with E-state index in [0.717, 1.165) is 42.5 Å². The molecule has 6 aromatic rings. The molecule has 174 valence electrons. The Morgan fingerprint density at radius 3 is 1.35 bits per heavy atom. The average molecular weight is 602 g/mol. The zero-order valence-corrected chi connectivity index (χ0v) is 22.7. The van der Waals surface area contributed by atoms with E-state index in [9.17, 15) is 0 Å². The third-order valence-corrected chi connectivity index (χ3v) is 8.79. The predicted octanol–water partition coefficient (Wildman–Crippen LogP) is 9.17. The van der Waals surface area contributed by atoms with Crippen molar-refractivity contribution >= 4 is 42.9 Å². The maximum Gasteiger partial charge on any atom is 0.0976 e.